The van der Waals surface area contributed by atoms with Crippen molar-refractivity contribution in [2.75, 3.05) is 0 Å². The van der Waals surface area contributed by atoms with Crippen molar-refractivity contribution >= 4 is 0 Å². The summed E-state index contributed by atoms with van der Waals surface area (Å²) in [6, 6.07) is 0. The first-order chi connectivity index (χ1) is 21.4. The van der Waals surface area contributed by atoms with Crippen LogP contribution >= 0.6 is 0 Å². The van der Waals surface area contributed by atoms with E-state index in [0.717, 1.165) is 51.4 Å². The van der Waals surface area contributed by atoms with Gasteiger partial charge in [0.25, 0.3) is 0 Å². The van der Waals surface area contributed by atoms with Gasteiger partial charge in [-0.15, -0.1) is 23.7 Å². The van der Waals surface area contributed by atoms with Crippen molar-refractivity contribution in [1.29, 1.82) is 0 Å². The molecule has 4 N–H and O–H groups in total. The predicted molar refractivity (Wildman–Crippen MR) is 195 cm³/mol. The van der Waals surface area contributed by atoms with Gasteiger partial charge in [-0.05, 0) is 0 Å². The molecule has 0 aliphatic heterocycles. The maximum atomic E-state index is 8.83. The van der Waals surface area contributed by atoms with Crippen LogP contribution in [-0.2, 0) is 21.7 Å². The Morgan fingerprint density at radius 2 is 0.467 bits per heavy atom. The Hall–Kier alpha value is 0.554. The van der Waals surface area contributed by atoms with E-state index in [-0.39, 0.29) is 21.7 Å². The molecule has 0 bridgehead atoms. The monoisotopic (exact) mass is 677 g/mol. The Morgan fingerprint density at radius 3 is 0.578 bits per heavy atom. The molecule has 0 heterocycles. The molecule has 0 radical (unpaired) electrons. The Labute approximate surface area is 300 Å². The van der Waals surface area contributed by atoms with E-state index in [4.69, 9.17) is 20.4 Å². The van der Waals surface area contributed by atoms with Crippen molar-refractivity contribution in [1.82, 2.24) is 0 Å². The SMILES string of the molecule is CCCCCC([CH-]O)CCC.CCCCCC([CH-]O)CCC.CCCCCC([CH-]O)CCC.CCCCCC([CH-]O)CCC.[Ti+4]. The number of unbranched alkanes of at least 4 members (excludes halogenated alkanes) is 8. The van der Waals surface area contributed by atoms with E-state index in [2.05, 4.69) is 55.4 Å². The molecule has 0 fully saturated rings. The van der Waals surface area contributed by atoms with Crippen LogP contribution in [0.2, 0.25) is 0 Å². The Balaban J connectivity index is -0.000000157. The van der Waals surface area contributed by atoms with Crippen LogP contribution < -0.4 is 0 Å². The van der Waals surface area contributed by atoms with Gasteiger partial charge in [0, 0.05) is 0 Å². The van der Waals surface area contributed by atoms with Crippen LogP contribution in [0.1, 0.15) is 209 Å². The molecule has 0 amide bonds. The van der Waals surface area contributed by atoms with Gasteiger partial charge in [0.2, 0.25) is 0 Å². The van der Waals surface area contributed by atoms with Crippen molar-refractivity contribution < 1.29 is 42.1 Å². The topological polar surface area (TPSA) is 80.9 Å². The van der Waals surface area contributed by atoms with Gasteiger partial charge in [-0.25, -0.2) is 26.4 Å². The van der Waals surface area contributed by atoms with Crippen LogP contribution in [0.15, 0.2) is 0 Å². The second-order valence-corrected chi connectivity index (χ2v) is 12.8. The molecule has 0 saturated heterocycles. The van der Waals surface area contributed by atoms with E-state index in [0.29, 0.717) is 23.7 Å². The summed E-state index contributed by atoms with van der Waals surface area (Å²) in [5.74, 6) is 1.80. The van der Waals surface area contributed by atoms with Gasteiger partial charge in [0.05, 0.1) is 0 Å². The summed E-state index contributed by atoms with van der Waals surface area (Å²) in [7, 11) is 0. The number of hydrogen-bond acceptors (Lipinski definition) is 4. The van der Waals surface area contributed by atoms with E-state index < -0.39 is 0 Å². The third-order valence-corrected chi connectivity index (χ3v) is 8.20. The molecule has 4 atom stereocenters. The summed E-state index contributed by atoms with van der Waals surface area (Å²) in [6.07, 6.45) is 29.2. The summed E-state index contributed by atoms with van der Waals surface area (Å²) in [6.45, 7) is 23.0. The normalized spacial score (nSPS) is 13.1. The van der Waals surface area contributed by atoms with E-state index in [1.165, 1.54) is 129 Å². The first-order valence-electron chi connectivity index (χ1n) is 19.3. The number of rotatable bonds is 28. The molecule has 0 aliphatic carbocycles. The van der Waals surface area contributed by atoms with E-state index in [9.17, 15) is 0 Å². The average Bonchev–Trinajstić information content (AvgIpc) is 3.04. The first kappa shape index (κ1) is 55.0. The van der Waals surface area contributed by atoms with Crippen molar-refractivity contribution in [2.24, 2.45) is 23.7 Å². The largest absolute Gasteiger partial charge is 4.00 e. The maximum absolute atomic E-state index is 8.83. The van der Waals surface area contributed by atoms with Crippen LogP contribution in [0, 0.1) is 50.1 Å². The van der Waals surface area contributed by atoms with Crippen LogP contribution in [-0.4, -0.2) is 20.4 Å². The summed E-state index contributed by atoms with van der Waals surface area (Å²) in [5.41, 5.74) is 0. The smallest absolute Gasteiger partial charge is 0.566 e. The van der Waals surface area contributed by atoms with Crippen molar-refractivity contribution in [3.63, 3.8) is 0 Å². The fraction of sp³-hybridized carbons (Fsp3) is 0.900. The van der Waals surface area contributed by atoms with Crippen molar-refractivity contribution in [3.05, 3.63) is 26.4 Å². The summed E-state index contributed by atoms with van der Waals surface area (Å²) >= 11 is 0. The number of aliphatic hydroxyl groups is 4. The molecule has 0 aromatic carbocycles. The van der Waals surface area contributed by atoms with Crippen LogP contribution in [0.3, 0.4) is 0 Å². The minimum Gasteiger partial charge on any atom is -0.566 e. The van der Waals surface area contributed by atoms with Gasteiger partial charge in [-0.1, -0.05) is 209 Å². The molecule has 0 spiro atoms. The second-order valence-electron chi connectivity index (χ2n) is 12.8. The quantitative estimate of drug-likeness (QED) is 0.0378. The summed E-state index contributed by atoms with van der Waals surface area (Å²) in [4.78, 5) is 0. The molecule has 0 aromatic rings. The molecule has 0 saturated carbocycles. The van der Waals surface area contributed by atoms with Crippen LogP contribution in [0.25, 0.3) is 0 Å². The Bertz CT molecular complexity index is 372. The molecule has 0 aliphatic rings. The molecule has 272 valence electrons. The summed E-state index contributed by atoms with van der Waals surface area (Å²) in [5, 5.41) is 35.3. The minimum atomic E-state index is 0. The minimum absolute atomic E-state index is 0. The second kappa shape index (κ2) is 51.4. The molecule has 0 aromatic heterocycles. The van der Waals surface area contributed by atoms with Gasteiger partial charge in [-0.2, -0.15) is 0 Å². The third-order valence-electron chi connectivity index (χ3n) is 8.20. The zero-order valence-electron chi connectivity index (χ0n) is 31.9. The average molecular weight is 677 g/mol. The van der Waals surface area contributed by atoms with Crippen molar-refractivity contribution in [3.8, 4) is 0 Å². The van der Waals surface area contributed by atoms with E-state index >= 15 is 0 Å². The number of aliphatic hydroxyl groups excluding tert-OH is 4. The van der Waals surface area contributed by atoms with Gasteiger partial charge in [-0.3, -0.25) is 0 Å². The maximum Gasteiger partial charge on any atom is 4.00 e. The van der Waals surface area contributed by atoms with E-state index in [1.807, 2.05) is 0 Å². The van der Waals surface area contributed by atoms with Gasteiger partial charge < -0.3 is 20.4 Å². The molecule has 45 heavy (non-hydrogen) atoms. The molecular formula is C40H84O4Ti. The fourth-order valence-electron chi connectivity index (χ4n) is 5.28. The van der Waals surface area contributed by atoms with Gasteiger partial charge in [0.1, 0.15) is 0 Å². The first-order valence-corrected chi connectivity index (χ1v) is 19.3. The van der Waals surface area contributed by atoms with Gasteiger partial charge in [0.15, 0.2) is 0 Å². The van der Waals surface area contributed by atoms with Crippen LogP contribution in [0.5, 0.6) is 0 Å². The molecule has 4 nitrogen and oxygen atoms in total. The zero-order chi connectivity index (χ0) is 34.1. The van der Waals surface area contributed by atoms with E-state index in [1.54, 1.807) is 0 Å². The fourth-order valence-corrected chi connectivity index (χ4v) is 5.28. The zero-order valence-corrected chi connectivity index (χ0v) is 33.4. The number of hydrogen-bond donors (Lipinski definition) is 4. The predicted octanol–water partition coefficient (Wildman–Crippen LogP) is 14.1. The molecule has 4 unspecified atom stereocenters. The third kappa shape index (κ3) is 49.1. The van der Waals surface area contributed by atoms with Gasteiger partial charge >= 0.3 is 21.7 Å². The summed E-state index contributed by atoms with van der Waals surface area (Å²) < 4.78 is 0. The van der Waals surface area contributed by atoms with Crippen LogP contribution in [0.4, 0.5) is 0 Å². The standard InChI is InChI=1S/4C10H21O.Ti/c4*1-3-5-6-8-10(9-11)7-4-2;/h4*9-11H,3-8H2,1-2H3;/q4*-1;+4. The Morgan fingerprint density at radius 1 is 0.289 bits per heavy atom. The molecule has 5 heteroatoms. The van der Waals surface area contributed by atoms with Crippen molar-refractivity contribution in [2.45, 2.75) is 209 Å². The molecule has 0 rings (SSSR count). The molecular weight excluding hydrogens is 592 g/mol. The Kier molecular flexibility index (Phi) is 62.8.